The summed E-state index contributed by atoms with van der Waals surface area (Å²) >= 11 is 1.66. The second-order valence-electron chi connectivity index (χ2n) is 6.32. The van der Waals surface area contributed by atoms with Gasteiger partial charge in [0.25, 0.3) is 0 Å². The Morgan fingerprint density at radius 2 is 1.77 bits per heavy atom. The lowest BCUT2D eigenvalue weighted by Crippen LogP contribution is -2.24. The first-order chi connectivity index (χ1) is 12.8. The summed E-state index contributed by atoms with van der Waals surface area (Å²) in [6.45, 7) is 1.40. The topological polar surface area (TPSA) is 34.0 Å². The summed E-state index contributed by atoms with van der Waals surface area (Å²) in [7, 11) is 0. The molecule has 4 rings (SSSR count). The predicted octanol–water partition coefficient (Wildman–Crippen LogP) is 4.61. The molecule has 0 spiro atoms. The monoisotopic (exact) mass is 360 g/mol. The lowest BCUT2D eigenvalue weighted by Gasteiger charge is -2.05. The largest absolute Gasteiger partial charge is 0.351 e. The third-order valence-electron chi connectivity index (χ3n) is 4.46. The number of hydrogen-bond acceptors (Lipinski definition) is 2. The van der Waals surface area contributed by atoms with Gasteiger partial charge in [0.1, 0.15) is 0 Å². The molecule has 130 valence electrons. The van der Waals surface area contributed by atoms with Crippen LogP contribution >= 0.6 is 11.3 Å². The molecule has 0 fully saturated rings. The van der Waals surface area contributed by atoms with E-state index >= 15 is 0 Å². The highest BCUT2D eigenvalue weighted by molar-refractivity contribution is 7.09. The van der Waals surface area contributed by atoms with Gasteiger partial charge in [0, 0.05) is 28.5 Å². The molecule has 0 bridgehead atoms. The third-order valence-corrected chi connectivity index (χ3v) is 5.33. The Kier molecular flexibility index (Phi) is 4.84. The Hall–Kier alpha value is -2.85. The first kappa shape index (κ1) is 16.6. The molecule has 2 aromatic heterocycles. The highest BCUT2D eigenvalue weighted by Gasteiger charge is 2.12. The Labute approximate surface area is 156 Å². The van der Waals surface area contributed by atoms with Crippen LogP contribution in [0.3, 0.4) is 0 Å². The van der Waals surface area contributed by atoms with Crippen LogP contribution in [0, 0.1) is 0 Å². The maximum atomic E-state index is 12.4. The number of amides is 1. The van der Waals surface area contributed by atoms with Crippen molar-refractivity contribution in [3.8, 4) is 0 Å². The van der Waals surface area contributed by atoms with Crippen molar-refractivity contribution in [1.82, 2.24) is 9.88 Å². The average molecular weight is 360 g/mol. The molecular weight excluding hydrogens is 340 g/mol. The van der Waals surface area contributed by atoms with Crippen LogP contribution in [-0.4, -0.2) is 10.5 Å². The summed E-state index contributed by atoms with van der Waals surface area (Å²) < 4.78 is 2.23. The fraction of sp³-hybridized carbons (Fsp3) is 0.136. The lowest BCUT2D eigenvalue weighted by atomic mass is 10.1. The van der Waals surface area contributed by atoms with Gasteiger partial charge in [0.15, 0.2) is 0 Å². The summed E-state index contributed by atoms with van der Waals surface area (Å²) in [5, 5.41) is 6.19. The minimum absolute atomic E-state index is 0.0565. The van der Waals surface area contributed by atoms with Crippen LogP contribution in [0.15, 0.2) is 78.3 Å². The maximum absolute atomic E-state index is 12.4. The quantitative estimate of drug-likeness (QED) is 0.535. The molecule has 1 N–H and O–H groups in total. The van der Waals surface area contributed by atoms with Gasteiger partial charge in [-0.3, -0.25) is 4.79 Å². The molecule has 4 heteroatoms. The number of carbonyl (C=O) groups is 1. The zero-order chi connectivity index (χ0) is 17.8. The first-order valence-electron chi connectivity index (χ1n) is 8.69. The van der Waals surface area contributed by atoms with Gasteiger partial charge >= 0.3 is 0 Å². The summed E-state index contributed by atoms with van der Waals surface area (Å²) in [6, 6.07) is 22.7. The number of fused-ring (bicyclic) bond motifs is 1. The van der Waals surface area contributed by atoms with Gasteiger partial charge in [-0.25, -0.2) is 0 Å². The predicted molar refractivity (Wildman–Crippen MR) is 107 cm³/mol. The molecule has 0 unspecified atom stereocenters. The second-order valence-corrected chi connectivity index (χ2v) is 7.35. The number of hydrogen-bond donors (Lipinski definition) is 1. The van der Waals surface area contributed by atoms with Gasteiger partial charge in [-0.2, -0.15) is 0 Å². The van der Waals surface area contributed by atoms with Crippen LogP contribution in [0.2, 0.25) is 0 Å². The van der Waals surface area contributed by atoms with Crippen LogP contribution in [0.5, 0.6) is 0 Å². The average Bonchev–Trinajstić information content (AvgIpc) is 3.30. The van der Waals surface area contributed by atoms with Gasteiger partial charge in [0.05, 0.1) is 13.0 Å². The van der Waals surface area contributed by atoms with E-state index in [0.29, 0.717) is 13.0 Å². The Morgan fingerprint density at radius 1 is 0.962 bits per heavy atom. The van der Waals surface area contributed by atoms with E-state index in [1.165, 1.54) is 10.4 Å². The number of carbonyl (C=O) groups excluding carboxylic acids is 1. The van der Waals surface area contributed by atoms with E-state index in [1.54, 1.807) is 11.3 Å². The normalized spacial score (nSPS) is 10.9. The zero-order valence-corrected chi connectivity index (χ0v) is 15.2. The lowest BCUT2D eigenvalue weighted by molar-refractivity contribution is -0.120. The van der Waals surface area contributed by atoms with Crippen molar-refractivity contribution in [2.75, 3.05) is 0 Å². The summed E-state index contributed by atoms with van der Waals surface area (Å²) in [6.07, 6.45) is 2.51. The molecule has 2 heterocycles. The SMILES string of the molecule is O=C(Cc1cn(Cc2ccccc2)c2ccccc12)NCc1cccs1. The van der Waals surface area contributed by atoms with Crippen molar-refractivity contribution in [3.63, 3.8) is 0 Å². The van der Waals surface area contributed by atoms with E-state index < -0.39 is 0 Å². The van der Waals surface area contributed by atoms with E-state index in [9.17, 15) is 4.79 Å². The molecule has 0 saturated heterocycles. The molecular formula is C22H20N2OS. The zero-order valence-electron chi connectivity index (χ0n) is 14.4. The fourth-order valence-corrected chi connectivity index (χ4v) is 3.85. The third kappa shape index (κ3) is 3.70. The molecule has 0 saturated carbocycles. The molecule has 0 aliphatic heterocycles. The smallest absolute Gasteiger partial charge is 0.224 e. The van der Waals surface area contributed by atoms with E-state index in [1.807, 2.05) is 35.7 Å². The number of para-hydroxylation sites is 1. The number of benzene rings is 2. The van der Waals surface area contributed by atoms with Crippen LogP contribution in [-0.2, 0) is 24.3 Å². The molecule has 1 amide bonds. The van der Waals surface area contributed by atoms with Crippen molar-refractivity contribution in [3.05, 3.63) is 94.3 Å². The van der Waals surface area contributed by atoms with Crippen molar-refractivity contribution in [2.45, 2.75) is 19.5 Å². The Morgan fingerprint density at radius 3 is 2.58 bits per heavy atom. The number of thiophene rings is 1. The van der Waals surface area contributed by atoms with Crippen molar-refractivity contribution in [1.29, 1.82) is 0 Å². The first-order valence-corrected chi connectivity index (χ1v) is 9.57. The number of aromatic nitrogens is 1. The number of rotatable bonds is 6. The molecule has 0 atom stereocenters. The molecule has 3 nitrogen and oxygen atoms in total. The van der Waals surface area contributed by atoms with Gasteiger partial charge in [-0.05, 0) is 28.6 Å². The van der Waals surface area contributed by atoms with Crippen LogP contribution in [0.25, 0.3) is 10.9 Å². The molecule has 2 aromatic carbocycles. The van der Waals surface area contributed by atoms with Crippen LogP contribution in [0.1, 0.15) is 16.0 Å². The molecule has 0 radical (unpaired) electrons. The van der Waals surface area contributed by atoms with Crippen molar-refractivity contribution in [2.24, 2.45) is 0 Å². The number of nitrogens with zero attached hydrogens (tertiary/aromatic N) is 1. The van der Waals surface area contributed by atoms with Crippen molar-refractivity contribution < 1.29 is 4.79 Å². The van der Waals surface area contributed by atoms with Gasteiger partial charge in [-0.1, -0.05) is 54.6 Å². The molecule has 0 aliphatic rings. The standard InChI is InChI=1S/C22H20N2OS/c25-22(23-14-19-9-6-12-26-19)13-18-16-24(15-17-7-2-1-3-8-17)21-11-5-4-10-20(18)21/h1-12,16H,13-15H2,(H,23,25). The molecule has 0 aliphatic carbocycles. The molecule has 26 heavy (non-hydrogen) atoms. The van der Waals surface area contributed by atoms with Gasteiger partial charge in [0.2, 0.25) is 5.91 Å². The Bertz CT molecular complexity index is 1000. The van der Waals surface area contributed by atoms with E-state index in [0.717, 1.165) is 23.0 Å². The maximum Gasteiger partial charge on any atom is 0.224 e. The Balaban J connectivity index is 1.54. The fourth-order valence-electron chi connectivity index (χ4n) is 3.21. The highest BCUT2D eigenvalue weighted by Crippen LogP contribution is 2.23. The van der Waals surface area contributed by atoms with Gasteiger partial charge in [-0.15, -0.1) is 11.3 Å². The second kappa shape index (κ2) is 7.58. The minimum atomic E-state index is 0.0565. The van der Waals surface area contributed by atoms with Crippen LogP contribution in [0.4, 0.5) is 0 Å². The van der Waals surface area contributed by atoms with E-state index in [2.05, 4.69) is 52.5 Å². The van der Waals surface area contributed by atoms with Gasteiger partial charge < -0.3 is 9.88 Å². The van der Waals surface area contributed by atoms with E-state index in [4.69, 9.17) is 0 Å². The minimum Gasteiger partial charge on any atom is -0.351 e. The summed E-state index contributed by atoms with van der Waals surface area (Å²) in [5.74, 6) is 0.0565. The molecule has 4 aromatic rings. The van der Waals surface area contributed by atoms with E-state index in [-0.39, 0.29) is 5.91 Å². The summed E-state index contributed by atoms with van der Waals surface area (Å²) in [4.78, 5) is 13.6. The van der Waals surface area contributed by atoms with Crippen molar-refractivity contribution >= 4 is 28.1 Å². The summed E-state index contributed by atoms with van der Waals surface area (Å²) in [5.41, 5.74) is 3.49. The highest BCUT2D eigenvalue weighted by atomic mass is 32.1. The van der Waals surface area contributed by atoms with Crippen LogP contribution < -0.4 is 5.32 Å². The number of nitrogens with one attached hydrogen (secondary N) is 1.